The summed E-state index contributed by atoms with van der Waals surface area (Å²) in [5.74, 6) is 0.800. The first kappa shape index (κ1) is 10.4. The van der Waals surface area contributed by atoms with Crippen molar-refractivity contribution in [1.82, 2.24) is 4.90 Å². The molecule has 2 heterocycles. The minimum atomic E-state index is -0.0800. The van der Waals surface area contributed by atoms with Crippen LogP contribution in [0.2, 0.25) is 0 Å². The molecule has 0 spiro atoms. The minimum Gasteiger partial charge on any atom is -0.392 e. The normalized spacial score (nSPS) is 31.9. The van der Waals surface area contributed by atoms with E-state index in [9.17, 15) is 5.11 Å². The van der Waals surface area contributed by atoms with Crippen LogP contribution in [-0.4, -0.2) is 49.0 Å². The van der Waals surface area contributed by atoms with Gasteiger partial charge in [0.05, 0.1) is 6.10 Å². The summed E-state index contributed by atoms with van der Waals surface area (Å²) in [7, 11) is 0. The highest BCUT2D eigenvalue weighted by atomic mass is 16.5. The Kier molecular flexibility index (Phi) is 3.79. The predicted molar refractivity (Wildman–Crippen MR) is 55.2 cm³/mol. The third-order valence-corrected chi connectivity index (χ3v) is 3.34. The van der Waals surface area contributed by atoms with Gasteiger partial charge in [-0.2, -0.15) is 0 Å². The molecule has 2 aliphatic heterocycles. The van der Waals surface area contributed by atoms with Crippen molar-refractivity contribution in [3.8, 4) is 0 Å². The molecular weight excluding hydrogens is 178 g/mol. The molecule has 3 nitrogen and oxygen atoms in total. The van der Waals surface area contributed by atoms with E-state index in [0.29, 0.717) is 0 Å². The summed E-state index contributed by atoms with van der Waals surface area (Å²) < 4.78 is 5.34. The van der Waals surface area contributed by atoms with Gasteiger partial charge in [-0.1, -0.05) is 0 Å². The molecule has 2 fully saturated rings. The monoisotopic (exact) mass is 199 g/mol. The maximum atomic E-state index is 9.54. The fourth-order valence-corrected chi connectivity index (χ4v) is 2.49. The van der Waals surface area contributed by atoms with Crippen LogP contribution in [0.4, 0.5) is 0 Å². The maximum Gasteiger partial charge on any atom is 0.0667 e. The van der Waals surface area contributed by atoms with E-state index in [2.05, 4.69) is 4.90 Å². The number of aliphatic hydroxyl groups excluding tert-OH is 1. The number of hydrogen-bond acceptors (Lipinski definition) is 3. The van der Waals surface area contributed by atoms with Crippen molar-refractivity contribution in [2.24, 2.45) is 5.92 Å². The van der Waals surface area contributed by atoms with Gasteiger partial charge in [-0.05, 0) is 38.1 Å². The van der Waals surface area contributed by atoms with Gasteiger partial charge < -0.3 is 14.7 Å². The molecule has 3 heteroatoms. The van der Waals surface area contributed by atoms with Gasteiger partial charge in [0.1, 0.15) is 0 Å². The molecule has 1 N–H and O–H groups in total. The molecule has 2 rings (SSSR count). The Morgan fingerprint density at radius 2 is 2.00 bits per heavy atom. The summed E-state index contributed by atoms with van der Waals surface area (Å²) in [6, 6.07) is 0. The van der Waals surface area contributed by atoms with Gasteiger partial charge in [-0.3, -0.25) is 0 Å². The first-order chi connectivity index (χ1) is 6.84. The molecule has 82 valence electrons. The molecule has 0 bridgehead atoms. The lowest BCUT2D eigenvalue weighted by Crippen LogP contribution is -2.41. The van der Waals surface area contributed by atoms with Gasteiger partial charge in [0.15, 0.2) is 0 Å². The minimum absolute atomic E-state index is 0.0800. The summed E-state index contributed by atoms with van der Waals surface area (Å²) in [6.45, 7) is 5.09. The number of aliphatic hydroxyl groups is 1. The molecule has 2 saturated heterocycles. The first-order valence-corrected chi connectivity index (χ1v) is 5.83. The molecule has 0 aromatic rings. The van der Waals surface area contributed by atoms with Crippen LogP contribution in [0.25, 0.3) is 0 Å². The quantitative estimate of drug-likeness (QED) is 0.716. The van der Waals surface area contributed by atoms with Crippen LogP contribution in [-0.2, 0) is 4.74 Å². The second-order valence-corrected chi connectivity index (χ2v) is 4.61. The molecule has 1 atom stereocenters. The molecule has 0 amide bonds. The Bertz CT molecular complexity index is 169. The van der Waals surface area contributed by atoms with Crippen molar-refractivity contribution in [2.75, 3.05) is 32.8 Å². The zero-order valence-electron chi connectivity index (χ0n) is 8.82. The van der Waals surface area contributed by atoms with Crippen LogP contribution in [0.15, 0.2) is 0 Å². The van der Waals surface area contributed by atoms with Crippen molar-refractivity contribution in [3.63, 3.8) is 0 Å². The number of hydrogen-bond donors (Lipinski definition) is 1. The van der Waals surface area contributed by atoms with Crippen molar-refractivity contribution in [3.05, 3.63) is 0 Å². The summed E-state index contributed by atoms with van der Waals surface area (Å²) >= 11 is 0. The van der Waals surface area contributed by atoms with E-state index in [0.717, 1.165) is 38.5 Å². The van der Waals surface area contributed by atoms with E-state index in [1.807, 2.05) is 0 Å². The molecule has 0 radical (unpaired) electrons. The Morgan fingerprint density at radius 3 is 2.71 bits per heavy atom. The third kappa shape index (κ3) is 2.94. The topological polar surface area (TPSA) is 32.7 Å². The molecule has 1 unspecified atom stereocenters. The van der Waals surface area contributed by atoms with Crippen LogP contribution in [0.3, 0.4) is 0 Å². The fraction of sp³-hybridized carbons (Fsp3) is 1.00. The Labute approximate surface area is 86.0 Å². The molecule has 14 heavy (non-hydrogen) atoms. The average Bonchev–Trinajstić information content (AvgIpc) is 2.19. The first-order valence-electron chi connectivity index (χ1n) is 5.83. The number of piperidine rings is 1. The Morgan fingerprint density at radius 1 is 1.21 bits per heavy atom. The lowest BCUT2D eigenvalue weighted by atomic mass is 9.98. The van der Waals surface area contributed by atoms with Gasteiger partial charge in [0.25, 0.3) is 0 Å². The molecule has 0 aromatic carbocycles. The van der Waals surface area contributed by atoms with Gasteiger partial charge in [-0.15, -0.1) is 0 Å². The van der Waals surface area contributed by atoms with Crippen molar-refractivity contribution < 1.29 is 9.84 Å². The number of nitrogens with zero attached hydrogens (tertiary/aromatic N) is 1. The average molecular weight is 199 g/mol. The number of likely N-dealkylation sites (tertiary alicyclic amines) is 1. The van der Waals surface area contributed by atoms with Crippen LogP contribution >= 0.6 is 0 Å². The highest BCUT2D eigenvalue weighted by Gasteiger charge is 2.22. The van der Waals surface area contributed by atoms with E-state index in [1.165, 1.54) is 25.9 Å². The van der Waals surface area contributed by atoms with Crippen molar-refractivity contribution in [2.45, 2.75) is 31.8 Å². The Hall–Kier alpha value is -0.120. The standard InChI is InChI=1S/C11H21NO2/c13-11-2-1-5-12(9-11)8-10-3-6-14-7-4-10/h10-11,13H,1-9H2. The van der Waals surface area contributed by atoms with Gasteiger partial charge >= 0.3 is 0 Å². The zero-order valence-corrected chi connectivity index (χ0v) is 8.82. The predicted octanol–water partition coefficient (Wildman–Crippen LogP) is 0.870. The lowest BCUT2D eigenvalue weighted by Gasteiger charge is -2.34. The SMILES string of the molecule is OC1CCCN(CC2CCOCC2)C1. The van der Waals surface area contributed by atoms with Gasteiger partial charge in [0, 0.05) is 26.3 Å². The van der Waals surface area contributed by atoms with Crippen molar-refractivity contribution >= 4 is 0 Å². The largest absolute Gasteiger partial charge is 0.392 e. The number of rotatable bonds is 2. The molecule has 0 aromatic heterocycles. The third-order valence-electron chi connectivity index (χ3n) is 3.34. The lowest BCUT2D eigenvalue weighted by molar-refractivity contribution is 0.0278. The molecule has 0 aliphatic carbocycles. The highest BCUT2D eigenvalue weighted by Crippen LogP contribution is 2.18. The fourth-order valence-electron chi connectivity index (χ4n) is 2.49. The molecule has 0 saturated carbocycles. The summed E-state index contributed by atoms with van der Waals surface area (Å²) in [4.78, 5) is 2.42. The van der Waals surface area contributed by atoms with E-state index >= 15 is 0 Å². The highest BCUT2D eigenvalue weighted by molar-refractivity contribution is 4.75. The number of ether oxygens (including phenoxy) is 1. The second kappa shape index (κ2) is 5.10. The maximum absolute atomic E-state index is 9.54. The zero-order chi connectivity index (χ0) is 9.80. The van der Waals surface area contributed by atoms with E-state index < -0.39 is 0 Å². The van der Waals surface area contributed by atoms with Gasteiger partial charge in [-0.25, -0.2) is 0 Å². The molecule has 2 aliphatic rings. The summed E-state index contributed by atoms with van der Waals surface area (Å²) in [6.07, 6.45) is 4.47. The number of β-amino-alcohol motifs (C(OH)–C–C–N with tert-alkyl or cyclic N) is 1. The van der Waals surface area contributed by atoms with Gasteiger partial charge in [0.2, 0.25) is 0 Å². The van der Waals surface area contributed by atoms with Crippen molar-refractivity contribution in [1.29, 1.82) is 0 Å². The van der Waals surface area contributed by atoms with Crippen LogP contribution in [0.1, 0.15) is 25.7 Å². The van der Waals surface area contributed by atoms with Crippen LogP contribution < -0.4 is 0 Å². The van der Waals surface area contributed by atoms with Crippen LogP contribution in [0, 0.1) is 5.92 Å². The van der Waals surface area contributed by atoms with E-state index in [-0.39, 0.29) is 6.10 Å². The summed E-state index contributed by atoms with van der Waals surface area (Å²) in [5, 5.41) is 9.54. The van der Waals surface area contributed by atoms with E-state index in [4.69, 9.17) is 4.74 Å². The van der Waals surface area contributed by atoms with Crippen LogP contribution in [0.5, 0.6) is 0 Å². The summed E-state index contributed by atoms with van der Waals surface area (Å²) in [5.41, 5.74) is 0. The smallest absolute Gasteiger partial charge is 0.0667 e. The van der Waals surface area contributed by atoms with E-state index in [1.54, 1.807) is 0 Å². The molecular formula is C11H21NO2. The second-order valence-electron chi connectivity index (χ2n) is 4.61. The Balaban J connectivity index is 1.72.